The average molecular weight is 278 g/mol. The Hall–Kier alpha value is -0.210. The van der Waals surface area contributed by atoms with Gasteiger partial charge in [0.05, 0.1) is 18.0 Å². The molecule has 2 aliphatic rings. The molecule has 0 aromatic heterocycles. The minimum atomic E-state index is -3.22. The molecule has 6 nitrogen and oxygen atoms in total. The monoisotopic (exact) mass is 278 g/mol. The highest BCUT2D eigenvalue weighted by Crippen LogP contribution is 2.20. The lowest BCUT2D eigenvalue weighted by Crippen LogP contribution is -2.39. The fourth-order valence-electron chi connectivity index (χ4n) is 2.65. The van der Waals surface area contributed by atoms with Gasteiger partial charge in [-0.05, 0) is 19.4 Å². The van der Waals surface area contributed by atoms with Crippen molar-refractivity contribution in [1.29, 1.82) is 0 Å². The molecule has 106 valence electrons. The molecule has 3 atom stereocenters. The van der Waals surface area contributed by atoms with Crippen LogP contribution in [-0.4, -0.2) is 70.6 Å². The lowest BCUT2D eigenvalue weighted by Gasteiger charge is -2.18. The zero-order valence-electron chi connectivity index (χ0n) is 11.0. The van der Waals surface area contributed by atoms with E-state index in [1.165, 1.54) is 4.31 Å². The summed E-state index contributed by atoms with van der Waals surface area (Å²) in [6, 6.07) is 0.0950. The summed E-state index contributed by atoms with van der Waals surface area (Å²) in [5.41, 5.74) is 0. The van der Waals surface area contributed by atoms with Gasteiger partial charge in [-0.25, -0.2) is 8.42 Å². The topological polar surface area (TPSA) is 67.9 Å². The van der Waals surface area contributed by atoms with Gasteiger partial charge in [-0.3, -0.25) is 0 Å². The van der Waals surface area contributed by atoms with Crippen LogP contribution in [0.2, 0.25) is 0 Å². The number of hydrogen-bond acceptors (Lipinski definition) is 5. The molecule has 0 radical (unpaired) electrons. The molecule has 0 aromatic carbocycles. The van der Waals surface area contributed by atoms with Crippen LogP contribution in [-0.2, 0) is 19.5 Å². The highest BCUT2D eigenvalue weighted by atomic mass is 32.2. The van der Waals surface area contributed by atoms with Gasteiger partial charge >= 0.3 is 0 Å². The summed E-state index contributed by atoms with van der Waals surface area (Å²) >= 11 is 0. The first-order chi connectivity index (χ1) is 8.56. The normalized spacial score (nSPS) is 34.2. The highest BCUT2D eigenvalue weighted by Gasteiger charge is 2.40. The Labute approximate surface area is 109 Å². The van der Waals surface area contributed by atoms with Crippen molar-refractivity contribution in [2.24, 2.45) is 0 Å². The third-order valence-electron chi connectivity index (χ3n) is 3.75. The molecule has 2 saturated heterocycles. The van der Waals surface area contributed by atoms with E-state index in [-0.39, 0.29) is 24.0 Å². The van der Waals surface area contributed by atoms with Gasteiger partial charge < -0.3 is 14.8 Å². The summed E-state index contributed by atoms with van der Waals surface area (Å²) in [5, 5.41) is 3.22. The zero-order chi connectivity index (χ0) is 13.2. The number of sulfonamides is 1. The number of rotatable bonds is 5. The van der Waals surface area contributed by atoms with E-state index in [2.05, 4.69) is 5.32 Å². The highest BCUT2D eigenvalue weighted by molar-refractivity contribution is 7.89. The van der Waals surface area contributed by atoms with Gasteiger partial charge in [0, 0.05) is 33.4 Å². The molecule has 2 heterocycles. The Morgan fingerprint density at radius 1 is 1.22 bits per heavy atom. The largest absolute Gasteiger partial charge is 0.377 e. The second kappa shape index (κ2) is 5.83. The molecule has 7 heteroatoms. The number of nitrogens with zero attached hydrogens (tertiary/aromatic N) is 1. The van der Waals surface area contributed by atoms with Gasteiger partial charge in [0.25, 0.3) is 0 Å². The van der Waals surface area contributed by atoms with Gasteiger partial charge in [-0.2, -0.15) is 4.31 Å². The molecular weight excluding hydrogens is 256 g/mol. The summed E-state index contributed by atoms with van der Waals surface area (Å²) < 4.78 is 36.6. The summed E-state index contributed by atoms with van der Waals surface area (Å²) in [6.07, 6.45) is 1.67. The molecule has 0 bridgehead atoms. The molecule has 2 rings (SSSR count). The number of methoxy groups -OCH3 is 2. The predicted molar refractivity (Wildman–Crippen MR) is 68.0 cm³/mol. The van der Waals surface area contributed by atoms with Crippen molar-refractivity contribution < 1.29 is 17.9 Å². The van der Waals surface area contributed by atoms with Crippen LogP contribution in [0.25, 0.3) is 0 Å². The van der Waals surface area contributed by atoms with Crippen LogP contribution >= 0.6 is 0 Å². The van der Waals surface area contributed by atoms with Crippen molar-refractivity contribution in [3.63, 3.8) is 0 Å². The number of hydrogen-bond donors (Lipinski definition) is 1. The molecule has 2 fully saturated rings. The van der Waals surface area contributed by atoms with Crippen molar-refractivity contribution in [3.8, 4) is 0 Å². The molecule has 0 amide bonds. The van der Waals surface area contributed by atoms with E-state index in [4.69, 9.17) is 9.47 Å². The van der Waals surface area contributed by atoms with E-state index >= 15 is 0 Å². The van der Waals surface area contributed by atoms with Crippen LogP contribution in [0.1, 0.15) is 12.8 Å². The van der Waals surface area contributed by atoms with Crippen molar-refractivity contribution in [1.82, 2.24) is 9.62 Å². The van der Waals surface area contributed by atoms with Crippen LogP contribution < -0.4 is 5.32 Å². The maximum Gasteiger partial charge on any atom is 0.215 e. The van der Waals surface area contributed by atoms with E-state index in [1.807, 2.05) is 0 Å². The third kappa shape index (κ3) is 3.03. The molecule has 2 aliphatic heterocycles. The van der Waals surface area contributed by atoms with Gasteiger partial charge in [-0.1, -0.05) is 0 Å². The van der Waals surface area contributed by atoms with Crippen LogP contribution in [0.15, 0.2) is 0 Å². The van der Waals surface area contributed by atoms with Crippen molar-refractivity contribution in [3.05, 3.63) is 0 Å². The van der Waals surface area contributed by atoms with Crippen LogP contribution in [0.3, 0.4) is 0 Å². The Kier molecular flexibility index (Phi) is 4.60. The first-order valence-electron chi connectivity index (χ1n) is 6.33. The minimum Gasteiger partial charge on any atom is -0.377 e. The predicted octanol–water partition coefficient (Wildman–Crippen LogP) is -0.586. The summed E-state index contributed by atoms with van der Waals surface area (Å²) in [4.78, 5) is 0. The second-order valence-corrected chi connectivity index (χ2v) is 6.95. The van der Waals surface area contributed by atoms with E-state index in [1.54, 1.807) is 14.2 Å². The van der Waals surface area contributed by atoms with Crippen LogP contribution in [0.4, 0.5) is 0 Å². The lowest BCUT2D eigenvalue weighted by molar-refractivity contribution is -0.00461. The van der Waals surface area contributed by atoms with Gasteiger partial charge in [-0.15, -0.1) is 0 Å². The lowest BCUT2D eigenvalue weighted by atomic mass is 10.3. The first-order valence-corrected chi connectivity index (χ1v) is 7.94. The van der Waals surface area contributed by atoms with Crippen LogP contribution in [0.5, 0.6) is 0 Å². The van der Waals surface area contributed by atoms with Crippen molar-refractivity contribution in [2.45, 2.75) is 31.1 Å². The van der Waals surface area contributed by atoms with E-state index in [9.17, 15) is 8.42 Å². The molecule has 1 N–H and O–H groups in total. The second-order valence-electron chi connectivity index (χ2n) is 4.94. The van der Waals surface area contributed by atoms with E-state index in [0.717, 1.165) is 19.4 Å². The molecule has 0 aliphatic carbocycles. The standard InChI is InChI=1S/C11H22N2O4S/c1-16-10-6-13(7-11(10)17-2)18(14,15)8-9-4-3-5-12-9/h9-12H,3-8H2,1-2H3. The zero-order valence-corrected chi connectivity index (χ0v) is 11.8. The Balaban J connectivity index is 1.97. The molecule has 0 spiro atoms. The molecule has 0 saturated carbocycles. The van der Waals surface area contributed by atoms with E-state index in [0.29, 0.717) is 13.1 Å². The summed E-state index contributed by atoms with van der Waals surface area (Å²) in [7, 11) is -0.0414. The van der Waals surface area contributed by atoms with Gasteiger partial charge in [0.15, 0.2) is 0 Å². The van der Waals surface area contributed by atoms with Crippen molar-refractivity contribution >= 4 is 10.0 Å². The number of ether oxygens (including phenoxy) is 2. The first kappa shape index (κ1) is 14.2. The Bertz CT molecular complexity index is 355. The quantitative estimate of drug-likeness (QED) is 0.728. The van der Waals surface area contributed by atoms with E-state index < -0.39 is 10.0 Å². The molecule has 3 unspecified atom stereocenters. The molecular formula is C11H22N2O4S. The Morgan fingerprint density at radius 2 is 1.83 bits per heavy atom. The van der Waals surface area contributed by atoms with Gasteiger partial charge in [0.1, 0.15) is 0 Å². The smallest absolute Gasteiger partial charge is 0.215 e. The maximum absolute atomic E-state index is 12.3. The number of nitrogens with one attached hydrogen (secondary N) is 1. The van der Waals surface area contributed by atoms with Crippen LogP contribution in [0, 0.1) is 0 Å². The third-order valence-corrected chi connectivity index (χ3v) is 5.66. The molecule has 0 aromatic rings. The fourth-order valence-corrected chi connectivity index (χ4v) is 4.40. The molecule has 18 heavy (non-hydrogen) atoms. The minimum absolute atomic E-state index is 0.0950. The fraction of sp³-hybridized carbons (Fsp3) is 1.00. The average Bonchev–Trinajstić information content (AvgIpc) is 2.96. The maximum atomic E-state index is 12.3. The summed E-state index contributed by atoms with van der Waals surface area (Å²) in [5.74, 6) is 0.180. The van der Waals surface area contributed by atoms with Gasteiger partial charge in [0.2, 0.25) is 10.0 Å². The summed E-state index contributed by atoms with van der Waals surface area (Å²) in [6.45, 7) is 1.70. The Morgan fingerprint density at radius 3 is 2.28 bits per heavy atom. The SMILES string of the molecule is COC1CN(S(=O)(=O)CC2CCCN2)CC1OC. The van der Waals surface area contributed by atoms with Crippen molar-refractivity contribution in [2.75, 3.05) is 39.6 Å².